The van der Waals surface area contributed by atoms with Crippen molar-refractivity contribution < 1.29 is 27.2 Å². The van der Waals surface area contributed by atoms with Crippen molar-refractivity contribution in [3.8, 4) is 0 Å². The highest BCUT2D eigenvalue weighted by Gasteiger charge is 2.27. The number of amides is 1. The highest BCUT2D eigenvalue weighted by atomic mass is 19.1. The molecule has 0 bridgehead atoms. The van der Waals surface area contributed by atoms with Gasteiger partial charge in [0, 0.05) is 39.3 Å². The molecule has 1 aliphatic rings. The fourth-order valence-corrected chi connectivity index (χ4v) is 4.29. The van der Waals surface area contributed by atoms with E-state index in [-0.39, 0.29) is 60.8 Å². The van der Waals surface area contributed by atoms with Gasteiger partial charge >= 0.3 is 0 Å². The Morgan fingerprint density at radius 3 is 2.31 bits per heavy atom. The van der Waals surface area contributed by atoms with E-state index >= 15 is 8.78 Å². The van der Waals surface area contributed by atoms with Crippen LogP contribution in [-0.2, 0) is 11.3 Å². The van der Waals surface area contributed by atoms with Gasteiger partial charge in [0.25, 0.3) is 0 Å². The molecule has 1 fully saturated rings. The molecule has 0 aliphatic carbocycles. The molecule has 1 aliphatic heterocycles. The Morgan fingerprint density at radius 1 is 1.03 bits per heavy atom. The number of pyridine rings is 1. The van der Waals surface area contributed by atoms with Gasteiger partial charge in [0.05, 0.1) is 23.0 Å². The largest absolute Gasteiger partial charge is 0.363 e. The van der Waals surface area contributed by atoms with E-state index in [0.29, 0.717) is 5.56 Å². The number of benzene rings is 2. The molecule has 0 unspecified atom stereocenters. The number of nitrogens with zero attached hydrogens (tertiary/aromatic N) is 3. The summed E-state index contributed by atoms with van der Waals surface area (Å²) in [6.07, 6.45) is 3.53. The van der Waals surface area contributed by atoms with E-state index in [1.54, 1.807) is 4.90 Å². The lowest BCUT2D eigenvalue weighted by molar-refractivity contribution is -0.129. The van der Waals surface area contributed by atoms with Crippen LogP contribution in [0.4, 0.5) is 23.2 Å². The minimum absolute atomic E-state index is 0.142. The van der Waals surface area contributed by atoms with Gasteiger partial charge in [-0.05, 0) is 29.8 Å². The number of alkyl halides is 1. The SMILES string of the molecule is CC(=O)N1CCN(c2c(F)cc3c(=O)c(C(=O)/C=C/c4ccc(F)cc4)cn(CCF)c3c2F)CC1. The monoisotopic (exact) mass is 501 g/mol. The van der Waals surface area contributed by atoms with Gasteiger partial charge in [-0.1, -0.05) is 18.2 Å². The van der Waals surface area contributed by atoms with E-state index in [1.807, 2.05) is 0 Å². The normalized spacial score (nSPS) is 14.1. The van der Waals surface area contributed by atoms with Crippen LogP contribution < -0.4 is 10.3 Å². The van der Waals surface area contributed by atoms with Crippen LogP contribution in [0.5, 0.6) is 0 Å². The molecule has 0 N–H and O–H groups in total. The summed E-state index contributed by atoms with van der Waals surface area (Å²) in [5.41, 5.74) is -1.44. The highest BCUT2D eigenvalue weighted by molar-refractivity contribution is 6.08. The van der Waals surface area contributed by atoms with Gasteiger partial charge in [-0.25, -0.2) is 17.6 Å². The number of hydrogen-bond donors (Lipinski definition) is 0. The Morgan fingerprint density at radius 2 is 1.69 bits per heavy atom. The second kappa shape index (κ2) is 10.3. The van der Waals surface area contributed by atoms with Gasteiger partial charge in [0.1, 0.15) is 24.0 Å². The predicted octanol–water partition coefficient (Wildman–Crippen LogP) is 3.95. The van der Waals surface area contributed by atoms with Gasteiger partial charge in [-0.3, -0.25) is 14.4 Å². The number of carbonyl (C=O) groups excluding carboxylic acids is 2. The number of allylic oxidation sites excluding steroid dienone is 1. The summed E-state index contributed by atoms with van der Waals surface area (Å²) in [4.78, 5) is 40.4. The van der Waals surface area contributed by atoms with Crippen molar-refractivity contribution >= 4 is 34.4 Å². The maximum absolute atomic E-state index is 15.7. The fourth-order valence-electron chi connectivity index (χ4n) is 4.29. The number of fused-ring (bicyclic) bond motifs is 1. The molecule has 2 heterocycles. The van der Waals surface area contributed by atoms with Crippen molar-refractivity contribution in [2.45, 2.75) is 13.5 Å². The number of piperazine rings is 1. The average molecular weight is 501 g/mol. The number of aromatic nitrogens is 1. The van der Waals surface area contributed by atoms with E-state index in [4.69, 9.17) is 0 Å². The van der Waals surface area contributed by atoms with Crippen LogP contribution in [0.1, 0.15) is 22.8 Å². The number of halogens is 4. The Bertz CT molecular complexity index is 1410. The summed E-state index contributed by atoms with van der Waals surface area (Å²) < 4.78 is 58.4. The molecule has 0 saturated carbocycles. The minimum Gasteiger partial charge on any atom is -0.363 e. The maximum Gasteiger partial charge on any atom is 0.219 e. The molecule has 1 saturated heterocycles. The quantitative estimate of drug-likeness (QED) is 0.292. The summed E-state index contributed by atoms with van der Waals surface area (Å²) in [7, 11) is 0. The molecule has 0 radical (unpaired) electrons. The number of ketones is 1. The zero-order valence-corrected chi connectivity index (χ0v) is 19.4. The van der Waals surface area contributed by atoms with E-state index < -0.39 is 35.3 Å². The molecular weight excluding hydrogens is 478 g/mol. The molecule has 1 amide bonds. The summed E-state index contributed by atoms with van der Waals surface area (Å²) >= 11 is 0. The number of aryl methyl sites for hydroxylation is 1. The van der Waals surface area contributed by atoms with E-state index in [0.717, 1.165) is 22.9 Å². The molecular formula is C26H23F4N3O3. The molecule has 4 rings (SSSR count). The number of rotatable bonds is 6. The van der Waals surface area contributed by atoms with E-state index in [9.17, 15) is 23.2 Å². The first-order valence-corrected chi connectivity index (χ1v) is 11.3. The molecule has 1 aromatic heterocycles. The molecule has 3 aromatic rings. The van der Waals surface area contributed by atoms with Crippen molar-refractivity contribution in [2.24, 2.45) is 0 Å². The second-order valence-corrected chi connectivity index (χ2v) is 8.41. The van der Waals surface area contributed by atoms with Crippen molar-refractivity contribution in [3.63, 3.8) is 0 Å². The van der Waals surface area contributed by atoms with Crippen LogP contribution in [0.2, 0.25) is 0 Å². The van der Waals surface area contributed by atoms with Gasteiger partial charge in [-0.15, -0.1) is 0 Å². The van der Waals surface area contributed by atoms with Crippen molar-refractivity contribution in [1.82, 2.24) is 9.47 Å². The zero-order chi connectivity index (χ0) is 26.0. The smallest absolute Gasteiger partial charge is 0.219 e. The number of carbonyl (C=O) groups is 2. The Labute approximate surface area is 204 Å². The summed E-state index contributed by atoms with van der Waals surface area (Å²) in [6.45, 7) is 1.04. The van der Waals surface area contributed by atoms with Crippen molar-refractivity contribution in [1.29, 1.82) is 0 Å². The van der Waals surface area contributed by atoms with Crippen LogP contribution in [0.25, 0.3) is 17.0 Å². The van der Waals surface area contributed by atoms with Gasteiger partial charge < -0.3 is 14.4 Å². The average Bonchev–Trinajstić information content (AvgIpc) is 2.85. The Kier molecular flexibility index (Phi) is 7.23. The third-order valence-electron chi connectivity index (χ3n) is 6.16. The third kappa shape index (κ3) is 4.89. The second-order valence-electron chi connectivity index (χ2n) is 8.41. The Balaban J connectivity index is 1.77. The molecule has 0 atom stereocenters. The Hall–Kier alpha value is -3.95. The third-order valence-corrected chi connectivity index (χ3v) is 6.16. The molecule has 36 heavy (non-hydrogen) atoms. The number of hydrogen-bond acceptors (Lipinski definition) is 4. The topological polar surface area (TPSA) is 62.6 Å². The summed E-state index contributed by atoms with van der Waals surface area (Å²) in [5.74, 6) is -3.37. The fraction of sp³-hybridized carbons (Fsp3) is 0.269. The van der Waals surface area contributed by atoms with Gasteiger partial charge in [0.2, 0.25) is 11.3 Å². The van der Waals surface area contributed by atoms with E-state index in [1.165, 1.54) is 42.2 Å². The standard InChI is InChI=1S/C26H23F4N3O3/c1-16(34)31-10-12-32(13-11-31)25-21(29)14-19-24(23(25)30)33(9-8-27)15-20(26(19)36)22(35)7-4-17-2-5-18(28)6-3-17/h2-7,14-15H,8-13H2,1H3/b7-4+. The van der Waals surface area contributed by atoms with Crippen LogP contribution in [0.15, 0.2) is 47.4 Å². The van der Waals surface area contributed by atoms with Gasteiger partial charge in [0.15, 0.2) is 11.6 Å². The van der Waals surface area contributed by atoms with E-state index in [2.05, 4.69) is 0 Å². The number of anilines is 1. The van der Waals surface area contributed by atoms with Crippen LogP contribution >= 0.6 is 0 Å². The lowest BCUT2D eigenvalue weighted by Gasteiger charge is -2.36. The van der Waals surface area contributed by atoms with Crippen LogP contribution in [0, 0.1) is 17.5 Å². The molecule has 0 spiro atoms. The zero-order valence-electron chi connectivity index (χ0n) is 19.4. The first kappa shape index (κ1) is 25.2. The van der Waals surface area contributed by atoms with Crippen LogP contribution in [-0.4, -0.2) is 54.0 Å². The predicted molar refractivity (Wildman–Crippen MR) is 128 cm³/mol. The maximum atomic E-state index is 15.7. The summed E-state index contributed by atoms with van der Waals surface area (Å²) in [6, 6.07) is 6.14. The van der Waals surface area contributed by atoms with Crippen LogP contribution in [0.3, 0.4) is 0 Å². The molecule has 2 aromatic carbocycles. The molecule has 188 valence electrons. The van der Waals surface area contributed by atoms with Crippen molar-refractivity contribution in [2.75, 3.05) is 37.8 Å². The van der Waals surface area contributed by atoms with Crippen molar-refractivity contribution in [3.05, 3.63) is 81.4 Å². The molecule has 6 nitrogen and oxygen atoms in total. The first-order valence-electron chi connectivity index (χ1n) is 11.3. The first-order chi connectivity index (χ1) is 17.2. The highest BCUT2D eigenvalue weighted by Crippen LogP contribution is 2.31. The summed E-state index contributed by atoms with van der Waals surface area (Å²) in [5, 5.41) is -0.384. The lowest BCUT2D eigenvalue weighted by atomic mass is 10.0. The molecule has 10 heteroatoms. The lowest BCUT2D eigenvalue weighted by Crippen LogP contribution is -2.48. The van der Waals surface area contributed by atoms with Gasteiger partial charge in [-0.2, -0.15) is 0 Å². The minimum atomic E-state index is -1.03.